The molecule has 0 aromatic heterocycles. The van der Waals surface area contributed by atoms with Crippen molar-refractivity contribution in [2.75, 3.05) is 11.5 Å². The number of rotatable bonds is 6. The van der Waals surface area contributed by atoms with Gasteiger partial charge in [-0.1, -0.05) is 0 Å². The number of carbonyl (C=O) groups excluding carboxylic acids is 1. The van der Waals surface area contributed by atoms with E-state index >= 15 is 0 Å². The molecule has 0 aromatic rings. The lowest BCUT2D eigenvalue weighted by Crippen LogP contribution is -2.36. The molecule has 0 spiro atoms. The van der Waals surface area contributed by atoms with Gasteiger partial charge in [-0.2, -0.15) is 33.7 Å². The summed E-state index contributed by atoms with van der Waals surface area (Å²) in [5.41, 5.74) is 0. The highest BCUT2D eigenvalue weighted by molar-refractivity contribution is 7.99. The van der Waals surface area contributed by atoms with E-state index in [0.717, 1.165) is 11.8 Å². The molecule has 0 saturated heterocycles. The van der Waals surface area contributed by atoms with E-state index in [9.17, 15) is 31.9 Å². The first-order chi connectivity index (χ1) is 6.67. The number of hydrogen-bond acceptors (Lipinski definition) is 3. The maximum atomic E-state index is 12.3. The number of alkyl halides is 5. The summed E-state index contributed by atoms with van der Waals surface area (Å²) >= 11 is 0.750. The third-order valence-electron chi connectivity index (χ3n) is 1.41. The van der Waals surface area contributed by atoms with Crippen LogP contribution < -0.4 is 5.11 Å². The van der Waals surface area contributed by atoms with Gasteiger partial charge in [0.05, 0.1) is 5.97 Å². The summed E-state index contributed by atoms with van der Waals surface area (Å²) in [6, 6.07) is 0. The van der Waals surface area contributed by atoms with Crippen molar-refractivity contribution >= 4 is 17.7 Å². The minimum absolute atomic E-state index is 0.0698. The summed E-state index contributed by atoms with van der Waals surface area (Å²) in [4.78, 5) is 9.86. The fraction of sp³-hybridized carbons (Fsp3) is 0.857. The Balaban J connectivity index is 3.72. The number of halogens is 5. The van der Waals surface area contributed by atoms with Gasteiger partial charge in [0.2, 0.25) is 0 Å². The Bertz CT molecular complexity index is 216. The van der Waals surface area contributed by atoms with Gasteiger partial charge in [-0.05, 0) is 12.2 Å². The van der Waals surface area contributed by atoms with Gasteiger partial charge in [-0.15, -0.1) is 0 Å². The largest absolute Gasteiger partial charge is 0.549 e. The van der Waals surface area contributed by atoms with Crippen LogP contribution in [0.15, 0.2) is 0 Å². The Morgan fingerprint density at radius 2 is 1.73 bits per heavy atom. The second-order valence-corrected chi connectivity index (χ2v) is 3.84. The topological polar surface area (TPSA) is 40.1 Å². The van der Waals surface area contributed by atoms with E-state index in [1.165, 1.54) is 0 Å². The molecule has 15 heavy (non-hydrogen) atoms. The van der Waals surface area contributed by atoms with Crippen molar-refractivity contribution in [3.63, 3.8) is 0 Å². The van der Waals surface area contributed by atoms with Crippen LogP contribution in [-0.4, -0.2) is 29.6 Å². The molecule has 0 aliphatic carbocycles. The standard InChI is InChI=1S/C7H9F5O2S/c8-6(9,7(10,11)12)2-1-3-15-4-5(13)14/h1-4H2,(H,13,14)/p-1. The molecule has 0 N–H and O–H groups in total. The van der Waals surface area contributed by atoms with Crippen LogP contribution in [0.1, 0.15) is 12.8 Å². The van der Waals surface area contributed by atoms with Crippen LogP contribution in [-0.2, 0) is 4.79 Å². The molecule has 0 bridgehead atoms. The molecule has 2 nitrogen and oxygen atoms in total. The van der Waals surface area contributed by atoms with Crippen LogP contribution in [0.2, 0.25) is 0 Å². The summed E-state index contributed by atoms with van der Waals surface area (Å²) in [7, 11) is 0. The Hall–Kier alpha value is -0.530. The summed E-state index contributed by atoms with van der Waals surface area (Å²) in [6.07, 6.45) is -7.26. The molecule has 0 saturated carbocycles. The van der Waals surface area contributed by atoms with Gasteiger partial charge in [0.1, 0.15) is 0 Å². The van der Waals surface area contributed by atoms with Gasteiger partial charge in [0.25, 0.3) is 0 Å². The normalized spacial score (nSPS) is 12.9. The van der Waals surface area contributed by atoms with E-state index in [1.54, 1.807) is 0 Å². The van der Waals surface area contributed by atoms with Crippen LogP contribution in [0.25, 0.3) is 0 Å². The average Bonchev–Trinajstić information content (AvgIpc) is 2.00. The lowest BCUT2D eigenvalue weighted by molar-refractivity contribution is -0.301. The first kappa shape index (κ1) is 14.5. The Labute approximate surface area is 86.8 Å². The predicted octanol–water partition coefficient (Wildman–Crippen LogP) is 1.45. The molecule has 0 aliphatic rings. The quantitative estimate of drug-likeness (QED) is 0.530. The molecule has 0 atom stereocenters. The van der Waals surface area contributed by atoms with E-state index < -0.39 is 36.7 Å². The molecule has 90 valence electrons. The van der Waals surface area contributed by atoms with E-state index in [2.05, 4.69) is 0 Å². The fourth-order valence-electron chi connectivity index (χ4n) is 0.693. The van der Waals surface area contributed by atoms with Gasteiger partial charge in [0, 0.05) is 12.2 Å². The molecule has 0 aromatic carbocycles. The SMILES string of the molecule is O=C([O-])CSCCCC(F)(F)C(F)(F)F. The summed E-state index contributed by atoms with van der Waals surface area (Å²) in [5.74, 6) is -6.55. The van der Waals surface area contributed by atoms with E-state index in [-0.39, 0.29) is 5.75 Å². The summed E-state index contributed by atoms with van der Waals surface area (Å²) < 4.78 is 59.3. The predicted molar refractivity (Wildman–Crippen MR) is 42.6 cm³/mol. The van der Waals surface area contributed by atoms with Crippen LogP contribution in [0.4, 0.5) is 22.0 Å². The second-order valence-electron chi connectivity index (χ2n) is 2.73. The highest BCUT2D eigenvalue weighted by atomic mass is 32.2. The van der Waals surface area contributed by atoms with Crippen molar-refractivity contribution in [2.45, 2.75) is 24.9 Å². The molecule has 0 heterocycles. The summed E-state index contributed by atoms with van der Waals surface area (Å²) in [5, 5.41) is 9.86. The van der Waals surface area contributed by atoms with Crippen LogP contribution in [0.3, 0.4) is 0 Å². The molecule has 0 rings (SSSR count). The summed E-state index contributed by atoms with van der Waals surface area (Å²) in [6.45, 7) is 0. The Kier molecular flexibility index (Phi) is 5.33. The third-order valence-corrected chi connectivity index (χ3v) is 2.43. The minimum atomic E-state index is -5.54. The van der Waals surface area contributed by atoms with Crippen molar-refractivity contribution in [1.29, 1.82) is 0 Å². The lowest BCUT2D eigenvalue weighted by Gasteiger charge is -2.19. The van der Waals surface area contributed by atoms with Crippen LogP contribution in [0.5, 0.6) is 0 Å². The van der Waals surface area contributed by atoms with Crippen molar-refractivity contribution in [2.24, 2.45) is 0 Å². The van der Waals surface area contributed by atoms with Crippen molar-refractivity contribution < 1.29 is 31.9 Å². The van der Waals surface area contributed by atoms with E-state index in [0.29, 0.717) is 0 Å². The van der Waals surface area contributed by atoms with Gasteiger partial charge >= 0.3 is 12.1 Å². The monoisotopic (exact) mass is 251 g/mol. The van der Waals surface area contributed by atoms with Gasteiger partial charge < -0.3 is 9.90 Å². The van der Waals surface area contributed by atoms with Crippen molar-refractivity contribution in [3.8, 4) is 0 Å². The first-order valence-electron chi connectivity index (χ1n) is 3.89. The molecule has 0 fully saturated rings. The number of thioether (sulfide) groups is 1. The number of carboxylic acid groups (broad SMARTS) is 1. The molecular weight excluding hydrogens is 243 g/mol. The molecule has 0 unspecified atom stereocenters. The van der Waals surface area contributed by atoms with Gasteiger partial charge in [0.15, 0.2) is 0 Å². The lowest BCUT2D eigenvalue weighted by atomic mass is 10.2. The van der Waals surface area contributed by atoms with Gasteiger partial charge in [-0.25, -0.2) is 0 Å². The zero-order valence-corrected chi connectivity index (χ0v) is 8.26. The molecular formula is C7H8F5O2S-. The second kappa shape index (κ2) is 5.53. The van der Waals surface area contributed by atoms with Crippen LogP contribution >= 0.6 is 11.8 Å². The molecule has 0 radical (unpaired) electrons. The Morgan fingerprint density at radius 1 is 1.20 bits per heavy atom. The number of hydrogen-bond donors (Lipinski definition) is 0. The smallest absolute Gasteiger partial charge is 0.453 e. The first-order valence-corrected chi connectivity index (χ1v) is 5.04. The molecule has 0 aliphatic heterocycles. The maximum absolute atomic E-state index is 12.3. The van der Waals surface area contributed by atoms with Crippen molar-refractivity contribution in [1.82, 2.24) is 0 Å². The van der Waals surface area contributed by atoms with Crippen molar-refractivity contribution in [3.05, 3.63) is 0 Å². The number of carboxylic acids is 1. The Morgan fingerprint density at radius 3 is 2.13 bits per heavy atom. The molecule has 0 amide bonds. The zero-order valence-electron chi connectivity index (χ0n) is 7.44. The average molecular weight is 251 g/mol. The maximum Gasteiger partial charge on any atom is 0.453 e. The van der Waals surface area contributed by atoms with Crippen LogP contribution in [0, 0.1) is 0 Å². The number of aliphatic carboxylic acids is 1. The zero-order chi connectivity index (χ0) is 12.1. The fourth-order valence-corrected chi connectivity index (χ4v) is 1.35. The highest BCUT2D eigenvalue weighted by Gasteiger charge is 2.56. The number of carbonyl (C=O) groups is 1. The molecule has 8 heteroatoms. The minimum Gasteiger partial charge on any atom is -0.549 e. The van der Waals surface area contributed by atoms with E-state index in [1.807, 2.05) is 0 Å². The van der Waals surface area contributed by atoms with E-state index in [4.69, 9.17) is 0 Å². The third kappa shape index (κ3) is 5.81. The van der Waals surface area contributed by atoms with Gasteiger partial charge in [-0.3, -0.25) is 0 Å². The highest BCUT2D eigenvalue weighted by Crippen LogP contribution is 2.38.